The number of unbranched alkanes of at least 4 members (excludes halogenated alkanes) is 11. The summed E-state index contributed by atoms with van der Waals surface area (Å²) in [6, 6.07) is -1.33. The average Bonchev–Trinajstić information content (AvgIpc) is 3.31. The number of carboxylic acids is 3. The second kappa shape index (κ2) is 42.4. The predicted octanol–water partition coefficient (Wildman–Crippen LogP) is 5.19. The number of primary amides is 1. The van der Waals surface area contributed by atoms with E-state index in [1.54, 1.807) is 0 Å². The van der Waals surface area contributed by atoms with Gasteiger partial charge in [-0.2, -0.15) is 0 Å². The number of nitrogens with one attached hydrogen (secondary N) is 2. The third-order valence-corrected chi connectivity index (χ3v) is 13.8. The van der Waals surface area contributed by atoms with E-state index in [2.05, 4.69) is 10.6 Å². The lowest BCUT2D eigenvalue weighted by Crippen LogP contribution is -2.41. The summed E-state index contributed by atoms with van der Waals surface area (Å²) in [4.78, 5) is 131. The van der Waals surface area contributed by atoms with Crippen molar-refractivity contribution in [2.24, 2.45) is 17.6 Å². The molecular weight excluding hydrogens is 975 g/mol. The zero-order valence-corrected chi connectivity index (χ0v) is 44.0. The number of ether oxygens (including phenoxy) is 2. The van der Waals surface area contributed by atoms with Crippen LogP contribution in [0.1, 0.15) is 193 Å². The first kappa shape index (κ1) is 68.0. The molecule has 3 unspecified atom stereocenters. The Morgan fingerprint density at radius 2 is 1.04 bits per heavy atom. The van der Waals surface area contributed by atoms with Crippen LogP contribution in [0.5, 0.6) is 0 Å². The standard InChI is InChI=1S/C51H85N3O18S/c1-2-40(55)19-14-11-12-18-38(49(52)64)34-44(59)36-72-32-31-71-30-29-53-46(60)28-25-39(50(65)66)35-42(57)26-27-45(51(67)68)54-47(61)23-15-10-8-6-4-3-5-7-9-13-20-41(56)22-17-33-73(69,70)37-43(58)21-16-24-48(62)63/h38-39,45H,2-37H2,1H3,(H2,52,64)(H,53,60)(H,54,61)(H,62,63)(H,65,66)(H,67,68). The Balaban J connectivity index is 4.13. The Hall–Kier alpha value is -4.96. The number of carboxylic acid groups (broad SMARTS) is 3. The fourth-order valence-corrected chi connectivity index (χ4v) is 9.15. The van der Waals surface area contributed by atoms with E-state index in [1.807, 2.05) is 6.92 Å². The molecule has 22 heteroatoms. The molecule has 7 N–H and O–H groups in total. The fourth-order valence-electron chi connectivity index (χ4n) is 7.79. The molecule has 0 spiro atoms. The molecular formula is C51H85N3O18S. The SMILES string of the molecule is CCC(=O)CCCCCC(CC(=O)COCCOCCNC(=O)CCC(CC(=O)CCC(NC(=O)CCCCCCCCCCCCC(=O)CCCS(=O)(=O)CC(=O)CCCC(=O)O)C(=O)O)C(=O)O)C(N)=O. The molecule has 0 rings (SSSR count). The third kappa shape index (κ3) is 41.1. The van der Waals surface area contributed by atoms with Gasteiger partial charge in [0.05, 0.1) is 31.5 Å². The van der Waals surface area contributed by atoms with Crippen molar-refractivity contribution in [2.45, 2.75) is 199 Å². The van der Waals surface area contributed by atoms with Gasteiger partial charge in [-0.15, -0.1) is 0 Å². The number of hydrogen-bond acceptors (Lipinski definition) is 15. The molecule has 0 aromatic heterocycles. The number of hydrogen-bond donors (Lipinski definition) is 6. The minimum absolute atomic E-state index is 0.0168. The highest BCUT2D eigenvalue weighted by Gasteiger charge is 2.26. The van der Waals surface area contributed by atoms with Gasteiger partial charge in [0.25, 0.3) is 0 Å². The van der Waals surface area contributed by atoms with Crippen LogP contribution >= 0.6 is 0 Å². The zero-order chi connectivity index (χ0) is 54.9. The van der Waals surface area contributed by atoms with E-state index in [4.69, 9.17) is 20.3 Å². The molecule has 73 heavy (non-hydrogen) atoms. The quantitative estimate of drug-likeness (QED) is 0.0427. The molecule has 0 aliphatic carbocycles. The van der Waals surface area contributed by atoms with Gasteiger partial charge in [0.1, 0.15) is 41.5 Å². The number of aliphatic carboxylic acids is 3. The minimum Gasteiger partial charge on any atom is -0.481 e. The second-order valence-electron chi connectivity index (χ2n) is 18.7. The number of Topliss-reactive ketones (excluding diaryl/α,β-unsaturated/α-hetero) is 5. The van der Waals surface area contributed by atoms with Crippen LogP contribution in [0.2, 0.25) is 0 Å². The summed E-state index contributed by atoms with van der Waals surface area (Å²) in [5.74, 6) is -8.93. The van der Waals surface area contributed by atoms with E-state index >= 15 is 0 Å². The molecule has 0 saturated heterocycles. The van der Waals surface area contributed by atoms with Crippen LogP contribution in [0.4, 0.5) is 0 Å². The van der Waals surface area contributed by atoms with Crippen molar-refractivity contribution in [2.75, 3.05) is 44.5 Å². The monoisotopic (exact) mass is 1060 g/mol. The highest BCUT2D eigenvalue weighted by atomic mass is 32.2. The Morgan fingerprint density at radius 3 is 1.63 bits per heavy atom. The van der Waals surface area contributed by atoms with Gasteiger partial charge in [0.2, 0.25) is 17.7 Å². The van der Waals surface area contributed by atoms with Crippen LogP contribution in [0.3, 0.4) is 0 Å². The van der Waals surface area contributed by atoms with E-state index in [9.17, 15) is 71.4 Å². The molecule has 0 heterocycles. The highest BCUT2D eigenvalue weighted by molar-refractivity contribution is 7.92. The van der Waals surface area contributed by atoms with Crippen molar-refractivity contribution in [1.29, 1.82) is 0 Å². The summed E-state index contributed by atoms with van der Waals surface area (Å²) < 4.78 is 34.9. The predicted molar refractivity (Wildman–Crippen MR) is 269 cm³/mol. The lowest BCUT2D eigenvalue weighted by molar-refractivity contribution is -0.145. The van der Waals surface area contributed by atoms with E-state index < -0.39 is 87.1 Å². The minimum atomic E-state index is -3.64. The summed E-state index contributed by atoms with van der Waals surface area (Å²) in [5.41, 5.74) is 5.45. The molecule has 0 radical (unpaired) electrons. The van der Waals surface area contributed by atoms with Gasteiger partial charge in [-0.3, -0.25) is 47.9 Å². The first-order valence-corrected chi connectivity index (χ1v) is 27.9. The smallest absolute Gasteiger partial charge is 0.326 e. The average molecular weight is 1060 g/mol. The van der Waals surface area contributed by atoms with Gasteiger partial charge < -0.3 is 41.2 Å². The molecule has 0 aliphatic rings. The Bertz CT molecular complexity index is 1840. The number of carbonyl (C=O) groups excluding carboxylic acids is 8. The number of carbonyl (C=O) groups is 11. The van der Waals surface area contributed by atoms with E-state index in [0.29, 0.717) is 44.9 Å². The molecule has 0 fully saturated rings. The lowest BCUT2D eigenvalue weighted by Gasteiger charge is -2.15. The Kier molecular flexibility index (Phi) is 39.5. The Morgan fingerprint density at radius 1 is 0.493 bits per heavy atom. The van der Waals surface area contributed by atoms with E-state index in [0.717, 1.165) is 64.2 Å². The lowest BCUT2D eigenvalue weighted by atomic mass is 9.94. The van der Waals surface area contributed by atoms with E-state index in [1.165, 1.54) is 0 Å². The number of nitrogens with two attached hydrogens (primary N) is 1. The number of sulfone groups is 1. The summed E-state index contributed by atoms with van der Waals surface area (Å²) in [6.45, 7) is 2.02. The first-order chi connectivity index (χ1) is 34.6. The molecule has 0 aromatic carbocycles. The molecule has 0 aromatic rings. The maximum atomic E-state index is 12.7. The number of amides is 3. The van der Waals surface area contributed by atoms with Crippen molar-refractivity contribution in [3.8, 4) is 0 Å². The van der Waals surface area contributed by atoms with Crippen LogP contribution in [-0.4, -0.2) is 139 Å². The maximum absolute atomic E-state index is 12.7. The number of rotatable bonds is 52. The van der Waals surface area contributed by atoms with Crippen LogP contribution in [0, 0.1) is 11.8 Å². The van der Waals surface area contributed by atoms with Crippen LogP contribution in [-0.2, 0) is 72.1 Å². The van der Waals surface area contributed by atoms with Crippen LogP contribution in [0.25, 0.3) is 0 Å². The van der Waals surface area contributed by atoms with Gasteiger partial charge in [-0.25, -0.2) is 13.2 Å². The van der Waals surface area contributed by atoms with Crippen LogP contribution < -0.4 is 16.4 Å². The van der Waals surface area contributed by atoms with Gasteiger partial charge in [-0.1, -0.05) is 71.1 Å². The first-order valence-electron chi connectivity index (χ1n) is 26.1. The van der Waals surface area contributed by atoms with Crippen molar-refractivity contribution < 1.29 is 86.0 Å². The summed E-state index contributed by atoms with van der Waals surface area (Å²) in [5, 5.41) is 32.9. The zero-order valence-electron chi connectivity index (χ0n) is 43.1. The van der Waals surface area contributed by atoms with Crippen molar-refractivity contribution in [3.63, 3.8) is 0 Å². The fraction of sp³-hybridized carbons (Fsp3) is 0.784. The second-order valence-corrected chi connectivity index (χ2v) is 20.9. The molecule has 3 amide bonds. The van der Waals surface area contributed by atoms with Crippen molar-refractivity contribution >= 4 is 74.4 Å². The molecule has 0 bridgehead atoms. The normalized spacial score (nSPS) is 12.6. The van der Waals surface area contributed by atoms with Crippen molar-refractivity contribution in [3.05, 3.63) is 0 Å². The summed E-state index contributed by atoms with van der Waals surface area (Å²) in [6.07, 6.45) is 11.7. The van der Waals surface area contributed by atoms with Gasteiger partial charge >= 0.3 is 17.9 Å². The highest BCUT2D eigenvalue weighted by Crippen LogP contribution is 2.18. The van der Waals surface area contributed by atoms with Gasteiger partial charge in [0, 0.05) is 83.1 Å². The molecule has 3 atom stereocenters. The molecule has 0 saturated carbocycles. The van der Waals surface area contributed by atoms with E-state index in [-0.39, 0.29) is 127 Å². The van der Waals surface area contributed by atoms with Gasteiger partial charge in [-0.05, 0) is 51.4 Å². The molecule has 0 aliphatic heterocycles. The third-order valence-electron chi connectivity index (χ3n) is 12.1. The van der Waals surface area contributed by atoms with Crippen LogP contribution in [0.15, 0.2) is 0 Å². The molecule has 418 valence electrons. The Labute approximate surface area is 430 Å². The summed E-state index contributed by atoms with van der Waals surface area (Å²) in [7, 11) is -3.64. The maximum Gasteiger partial charge on any atom is 0.326 e. The van der Waals surface area contributed by atoms with Crippen molar-refractivity contribution in [1.82, 2.24) is 10.6 Å². The summed E-state index contributed by atoms with van der Waals surface area (Å²) >= 11 is 0. The largest absolute Gasteiger partial charge is 0.481 e. The topological polar surface area (TPSA) is 351 Å². The molecule has 21 nitrogen and oxygen atoms in total. The van der Waals surface area contributed by atoms with Gasteiger partial charge in [0.15, 0.2) is 15.6 Å². The number of ketones is 5.